The van der Waals surface area contributed by atoms with Crippen LogP contribution in [0.1, 0.15) is 49.9 Å². The number of hydrogen-bond donors (Lipinski definition) is 0. The van der Waals surface area contributed by atoms with Gasteiger partial charge in [-0.25, -0.2) is 0 Å². The van der Waals surface area contributed by atoms with E-state index in [1.54, 1.807) is 12.1 Å². The van der Waals surface area contributed by atoms with Crippen molar-refractivity contribution in [2.45, 2.75) is 74.4 Å². The third-order valence-corrected chi connectivity index (χ3v) is 7.91. The summed E-state index contributed by atoms with van der Waals surface area (Å²) < 4.78 is 0. The van der Waals surface area contributed by atoms with Crippen LogP contribution in [0.4, 0.5) is 0 Å². The topological polar surface area (TPSA) is 46.1 Å². The molecule has 4 unspecified atom stereocenters. The zero-order valence-corrected chi connectivity index (χ0v) is 21.8. The molecule has 29 heavy (non-hydrogen) atoms. The molecule has 0 N–H and O–H groups in total. The second-order valence-electron chi connectivity index (χ2n) is 8.12. The average Bonchev–Trinajstić information content (AvgIpc) is 2.85. The Hall–Kier alpha value is -0.000260. The van der Waals surface area contributed by atoms with Gasteiger partial charge in [0.25, 0.3) is 0 Å². The summed E-state index contributed by atoms with van der Waals surface area (Å²) in [4.78, 5) is 0. The quantitative estimate of drug-likeness (QED) is 0.555. The van der Waals surface area contributed by atoms with E-state index in [9.17, 15) is 10.2 Å². The van der Waals surface area contributed by atoms with E-state index in [0.29, 0.717) is 21.0 Å². The van der Waals surface area contributed by atoms with Crippen molar-refractivity contribution in [3.8, 4) is 11.5 Å². The van der Waals surface area contributed by atoms with Gasteiger partial charge in [-0.1, -0.05) is 75.2 Å². The van der Waals surface area contributed by atoms with Gasteiger partial charge in [-0.15, -0.1) is 11.5 Å². The summed E-state index contributed by atoms with van der Waals surface area (Å²) in [5.41, 5.74) is 4.64. The molecule has 2 aliphatic heterocycles. The second-order valence-corrected chi connectivity index (χ2v) is 11.9. The summed E-state index contributed by atoms with van der Waals surface area (Å²) in [5, 5.41) is 25.7. The van der Waals surface area contributed by atoms with Crippen molar-refractivity contribution in [3.05, 3.63) is 58.7 Å². The van der Waals surface area contributed by atoms with Gasteiger partial charge >= 0.3 is 37.7 Å². The van der Waals surface area contributed by atoms with E-state index in [2.05, 4.69) is 39.8 Å². The third kappa shape index (κ3) is 7.00. The van der Waals surface area contributed by atoms with Gasteiger partial charge in [-0.2, -0.15) is 23.5 Å². The fraction of sp³-hybridized carbons (Fsp3) is 0.500. The van der Waals surface area contributed by atoms with Crippen LogP contribution in [0.25, 0.3) is 0 Å². The molecular weight excluding hydrogens is 424 g/mol. The number of fused-ring (bicyclic) bond motifs is 2. The third-order valence-electron chi connectivity index (χ3n) is 5.39. The summed E-state index contributed by atoms with van der Waals surface area (Å²) in [7, 11) is 0. The Morgan fingerprint density at radius 1 is 0.621 bits per heavy atom. The smallest absolute Gasteiger partial charge is 0.872 e. The predicted molar refractivity (Wildman–Crippen MR) is 125 cm³/mol. The fourth-order valence-electron chi connectivity index (χ4n) is 4.25. The molecule has 5 heteroatoms. The number of benzene rings is 2. The standard InChI is InChI=1S/2C12H16OS.Ca/c2*1-8-6-10-4-3-5-12(13)11(10)7-9(2)14-8;/h2*3-5,8-9,13H,6-7H2,1-2H3;/q;;+2/p-2. The van der Waals surface area contributed by atoms with Crippen LogP contribution in [-0.2, 0) is 25.7 Å². The summed E-state index contributed by atoms with van der Waals surface area (Å²) in [6.07, 6.45) is 3.95. The SMILES string of the molecule is CC1Cc2cccc([O-])c2CC(C)S1.CC1Cc2cccc([O-])c2CC(C)S1.[Ca+2]. The zero-order valence-electron chi connectivity index (χ0n) is 17.9. The first-order valence-electron chi connectivity index (χ1n) is 10.2. The van der Waals surface area contributed by atoms with Crippen LogP contribution in [-0.4, -0.2) is 58.7 Å². The predicted octanol–water partition coefficient (Wildman–Crippen LogP) is 4.36. The van der Waals surface area contributed by atoms with Gasteiger partial charge in [0.15, 0.2) is 0 Å². The molecular formula is C24H30CaO2S2. The van der Waals surface area contributed by atoms with Crippen LogP contribution in [0.3, 0.4) is 0 Å². The average molecular weight is 455 g/mol. The minimum Gasteiger partial charge on any atom is -0.872 e. The number of rotatable bonds is 0. The van der Waals surface area contributed by atoms with E-state index in [0.717, 1.165) is 36.8 Å². The van der Waals surface area contributed by atoms with Gasteiger partial charge in [-0.3, -0.25) is 0 Å². The van der Waals surface area contributed by atoms with Crippen LogP contribution in [0, 0.1) is 0 Å². The Balaban J connectivity index is 0.000000200. The van der Waals surface area contributed by atoms with E-state index in [-0.39, 0.29) is 49.2 Å². The summed E-state index contributed by atoms with van der Waals surface area (Å²) in [6, 6.07) is 11.3. The van der Waals surface area contributed by atoms with Crippen LogP contribution in [0.15, 0.2) is 36.4 Å². The monoisotopic (exact) mass is 454 g/mol. The minimum atomic E-state index is 0. The largest absolute Gasteiger partial charge is 2.00 e. The molecule has 152 valence electrons. The number of hydrogen-bond acceptors (Lipinski definition) is 4. The zero-order chi connectivity index (χ0) is 20.3. The van der Waals surface area contributed by atoms with Crippen molar-refractivity contribution >= 4 is 61.3 Å². The van der Waals surface area contributed by atoms with E-state index in [1.807, 2.05) is 35.7 Å². The van der Waals surface area contributed by atoms with Crippen LogP contribution < -0.4 is 10.2 Å². The molecule has 4 rings (SSSR count). The van der Waals surface area contributed by atoms with Crippen molar-refractivity contribution in [1.82, 2.24) is 0 Å². The molecule has 0 radical (unpaired) electrons. The Bertz CT molecular complexity index is 744. The molecule has 2 aromatic rings. The molecule has 4 atom stereocenters. The first kappa shape index (κ1) is 25.3. The van der Waals surface area contributed by atoms with Crippen molar-refractivity contribution in [1.29, 1.82) is 0 Å². The van der Waals surface area contributed by atoms with Gasteiger partial charge < -0.3 is 10.2 Å². The molecule has 0 saturated heterocycles. The van der Waals surface area contributed by atoms with Crippen molar-refractivity contribution < 1.29 is 10.2 Å². The van der Waals surface area contributed by atoms with Gasteiger partial charge in [0.1, 0.15) is 0 Å². The van der Waals surface area contributed by atoms with E-state index in [1.165, 1.54) is 11.1 Å². The minimum absolute atomic E-state index is 0. The molecule has 2 aliphatic rings. The first-order valence-corrected chi connectivity index (χ1v) is 12.1. The van der Waals surface area contributed by atoms with Crippen molar-refractivity contribution in [2.75, 3.05) is 0 Å². The van der Waals surface area contributed by atoms with Crippen LogP contribution in [0.5, 0.6) is 11.5 Å². The maximum atomic E-state index is 11.7. The Kier molecular flexibility index (Phi) is 10.1. The summed E-state index contributed by atoms with van der Waals surface area (Å²) >= 11 is 3.98. The molecule has 0 spiro atoms. The molecule has 2 aromatic carbocycles. The Morgan fingerprint density at radius 2 is 0.966 bits per heavy atom. The van der Waals surface area contributed by atoms with Gasteiger partial charge in [0, 0.05) is 21.0 Å². The second kappa shape index (κ2) is 11.6. The van der Waals surface area contributed by atoms with E-state index >= 15 is 0 Å². The fourth-order valence-corrected chi connectivity index (χ4v) is 6.91. The molecule has 0 fully saturated rings. The maximum absolute atomic E-state index is 11.7. The van der Waals surface area contributed by atoms with E-state index in [4.69, 9.17) is 0 Å². The van der Waals surface area contributed by atoms with Crippen molar-refractivity contribution in [2.24, 2.45) is 0 Å². The van der Waals surface area contributed by atoms with Gasteiger partial charge in [0.2, 0.25) is 0 Å². The van der Waals surface area contributed by atoms with Gasteiger partial charge in [0.05, 0.1) is 0 Å². The molecule has 0 amide bonds. The number of thioether (sulfide) groups is 2. The van der Waals surface area contributed by atoms with E-state index < -0.39 is 0 Å². The molecule has 0 aromatic heterocycles. The molecule has 2 nitrogen and oxygen atoms in total. The van der Waals surface area contributed by atoms with Gasteiger partial charge in [-0.05, 0) is 36.8 Å². The normalized spacial score (nSPS) is 25.8. The molecule has 0 aliphatic carbocycles. The summed E-state index contributed by atoms with van der Waals surface area (Å²) in [6.45, 7) is 8.91. The molecule has 0 saturated carbocycles. The summed E-state index contributed by atoms with van der Waals surface area (Å²) in [5.74, 6) is 0.452. The molecule has 2 heterocycles. The Morgan fingerprint density at radius 3 is 1.34 bits per heavy atom. The Labute approximate surface area is 214 Å². The maximum Gasteiger partial charge on any atom is 2.00 e. The first-order chi connectivity index (χ1) is 13.3. The van der Waals surface area contributed by atoms with Crippen LogP contribution in [0.2, 0.25) is 0 Å². The van der Waals surface area contributed by atoms with Crippen molar-refractivity contribution in [3.63, 3.8) is 0 Å². The molecule has 0 bridgehead atoms. The van der Waals surface area contributed by atoms with Crippen LogP contribution >= 0.6 is 23.5 Å².